The van der Waals surface area contributed by atoms with Gasteiger partial charge in [-0.1, -0.05) is 19.9 Å². The summed E-state index contributed by atoms with van der Waals surface area (Å²) in [5, 5.41) is 62.8. The average molecular weight is 511 g/mol. The van der Waals surface area contributed by atoms with Crippen molar-refractivity contribution in [1.29, 1.82) is 0 Å². The first-order valence-corrected chi connectivity index (χ1v) is 12.9. The summed E-state index contributed by atoms with van der Waals surface area (Å²) < 4.78 is 10.9. The van der Waals surface area contributed by atoms with Crippen LogP contribution in [0.2, 0.25) is 0 Å². The fourth-order valence-corrected chi connectivity index (χ4v) is 9.04. The zero-order chi connectivity index (χ0) is 26.4. The zero-order valence-corrected chi connectivity index (χ0v) is 20.7. The number of allylic oxidation sites excluding steroid dienone is 1. The Morgan fingerprint density at radius 1 is 1.03 bits per heavy atom. The highest BCUT2D eigenvalue weighted by Gasteiger charge is 2.72. The molecule has 0 aromatic heterocycles. The third-order valence-electron chi connectivity index (χ3n) is 10.4. The summed E-state index contributed by atoms with van der Waals surface area (Å²) in [6.07, 6.45) is -6.93. The Morgan fingerprint density at radius 3 is 2.39 bits per heavy atom. The molecule has 2 bridgehead atoms. The van der Waals surface area contributed by atoms with Crippen LogP contribution < -0.4 is 0 Å². The Labute approximate surface area is 209 Å². The molecule has 6 N–H and O–H groups in total. The Morgan fingerprint density at radius 2 is 1.72 bits per heavy atom. The van der Waals surface area contributed by atoms with Gasteiger partial charge in [-0.3, -0.25) is 9.59 Å². The molecule has 0 amide bonds. The standard InChI is InChI=1S/C26H38O10/c1-11-12-7-13(28)20-24(2)5-4-6-25(3,19(24)14(29)9-26(20,8-12)21(11)33)23(34)36-22-18(32)17(31)16(30)15(10-27)35-22/h12-20,22,27-32H,1,4-10H2,2-3H3/t12-,13+,14-,15-,16-,17+,18-,19?,20+,22+,24-,25-,26+/m1/s1. The van der Waals surface area contributed by atoms with Crippen LogP contribution in [-0.2, 0) is 19.1 Å². The molecule has 13 atom stereocenters. The zero-order valence-electron chi connectivity index (χ0n) is 20.7. The molecule has 0 aromatic carbocycles. The number of fused-ring (bicyclic) bond motifs is 3. The number of aliphatic hydroxyl groups is 6. The molecule has 5 aliphatic rings. The van der Waals surface area contributed by atoms with Gasteiger partial charge in [0.15, 0.2) is 5.78 Å². The molecule has 0 radical (unpaired) electrons. The van der Waals surface area contributed by atoms with E-state index in [1.54, 1.807) is 6.92 Å². The first-order valence-electron chi connectivity index (χ1n) is 12.9. The number of rotatable bonds is 3. The summed E-state index contributed by atoms with van der Waals surface area (Å²) in [6, 6.07) is 0. The summed E-state index contributed by atoms with van der Waals surface area (Å²) in [6.45, 7) is 6.98. The van der Waals surface area contributed by atoms with Crippen molar-refractivity contribution in [2.45, 2.75) is 95.3 Å². The minimum atomic E-state index is -1.73. The van der Waals surface area contributed by atoms with Crippen molar-refractivity contribution in [2.75, 3.05) is 6.61 Å². The molecule has 4 saturated carbocycles. The molecule has 0 aromatic rings. The topological polar surface area (TPSA) is 174 Å². The first kappa shape index (κ1) is 26.2. The molecule has 1 spiro atoms. The van der Waals surface area contributed by atoms with Crippen LogP contribution in [-0.4, -0.2) is 91.9 Å². The number of Topliss-reactive ketones (excluding diaryl/α,β-unsaturated/α-hetero) is 1. The maximum absolute atomic E-state index is 13.7. The summed E-state index contributed by atoms with van der Waals surface area (Å²) in [4.78, 5) is 27.1. The van der Waals surface area contributed by atoms with Crippen LogP contribution in [0.4, 0.5) is 0 Å². The van der Waals surface area contributed by atoms with E-state index in [0.29, 0.717) is 37.7 Å². The first-order chi connectivity index (χ1) is 16.8. The van der Waals surface area contributed by atoms with Crippen LogP contribution in [0.15, 0.2) is 12.2 Å². The van der Waals surface area contributed by atoms with E-state index in [9.17, 15) is 40.2 Å². The van der Waals surface area contributed by atoms with E-state index in [0.717, 1.165) is 0 Å². The van der Waals surface area contributed by atoms with Crippen LogP contribution in [0.25, 0.3) is 0 Å². The third kappa shape index (κ3) is 3.35. The maximum atomic E-state index is 13.7. The summed E-state index contributed by atoms with van der Waals surface area (Å²) in [7, 11) is 0. The number of carbonyl (C=O) groups excluding carboxylic acids is 2. The van der Waals surface area contributed by atoms with Gasteiger partial charge in [0.25, 0.3) is 0 Å². The second-order valence-electron chi connectivity index (χ2n) is 12.3. The Hall–Kier alpha value is -1.40. The molecule has 202 valence electrons. The van der Waals surface area contributed by atoms with Crippen LogP contribution in [0.5, 0.6) is 0 Å². The Kier molecular flexibility index (Phi) is 6.23. The van der Waals surface area contributed by atoms with Gasteiger partial charge in [0.1, 0.15) is 24.4 Å². The number of hydrogen-bond donors (Lipinski definition) is 6. The molecule has 1 unspecified atom stereocenters. The molecular weight excluding hydrogens is 472 g/mol. The molecule has 10 nitrogen and oxygen atoms in total. The molecule has 1 heterocycles. The lowest BCUT2D eigenvalue weighted by molar-refractivity contribution is -0.300. The van der Waals surface area contributed by atoms with Crippen molar-refractivity contribution < 1.29 is 49.7 Å². The minimum absolute atomic E-state index is 0.0797. The number of esters is 1. The SMILES string of the molecule is C=C1C(=O)[C@]23C[C@H]1C[C@H](O)[C@H]2[C@]1(C)CCC[C@@](C)(C(=O)O[C@@H]2O[C@H](CO)[C@@H](O)[C@H](O)[C@H]2O)C1[C@H](O)C3. The number of ether oxygens (including phenoxy) is 2. The van der Waals surface area contributed by atoms with Gasteiger partial charge in [-0.2, -0.15) is 0 Å². The van der Waals surface area contributed by atoms with Crippen molar-refractivity contribution in [3.05, 3.63) is 12.2 Å². The lowest BCUT2D eigenvalue weighted by atomic mass is 9.39. The molecule has 4 aliphatic carbocycles. The smallest absolute Gasteiger partial charge is 0.314 e. The largest absolute Gasteiger partial charge is 0.432 e. The quantitative estimate of drug-likeness (QED) is 0.213. The third-order valence-corrected chi connectivity index (χ3v) is 10.4. The molecule has 5 rings (SSSR count). The van der Waals surface area contributed by atoms with Gasteiger partial charge in [0.05, 0.1) is 24.2 Å². The fourth-order valence-electron chi connectivity index (χ4n) is 9.04. The number of ketones is 1. The number of hydrogen-bond acceptors (Lipinski definition) is 10. The second-order valence-corrected chi connectivity index (χ2v) is 12.3. The lowest BCUT2D eigenvalue weighted by Crippen LogP contribution is -2.67. The van der Waals surface area contributed by atoms with E-state index in [-0.39, 0.29) is 18.1 Å². The minimum Gasteiger partial charge on any atom is -0.432 e. The fraction of sp³-hybridized carbons (Fsp3) is 0.846. The van der Waals surface area contributed by atoms with Gasteiger partial charge in [-0.25, -0.2) is 0 Å². The van der Waals surface area contributed by atoms with Gasteiger partial charge in [-0.05, 0) is 55.9 Å². The highest BCUT2D eigenvalue weighted by molar-refractivity contribution is 6.03. The normalized spacial score (nSPS) is 54.6. The van der Waals surface area contributed by atoms with Crippen molar-refractivity contribution >= 4 is 11.8 Å². The Bertz CT molecular complexity index is 951. The van der Waals surface area contributed by atoms with E-state index >= 15 is 0 Å². The van der Waals surface area contributed by atoms with E-state index in [2.05, 4.69) is 6.58 Å². The second kappa shape index (κ2) is 8.56. The van der Waals surface area contributed by atoms with Gasteiger partial charge in [-0.15, -0.1) is 0 Å². The van der Waals surface area contributed by atoms with E-state index in [1.807, 2.05) is 6.92 Å². The molecule has 10 heteroatoms. The monoisotopic (exact) mass is 510 g/mol. The molecule has 5 fully saturated rings. The predicted octanol–water partition coefficient (Wildman–Crippen LogP) is -0.581. The van der Waals surface area contributed by atoms with E-state index < -0.39 is 83.6 Å². The van der Waals surface area contributed by atoms with Gasteiger partial charge < -0.3 is 40.1 Å². The van der Waals surface area contributed by atoms with Crippen LogP contribution >= 0.6 is 0 Å². The van der Waals surface area contributed by atoms with Gasteiger partial charge in [0, 0.05) is 17.3 Å². The maximum Gasteiger partial charge on any atom is 0.314 e. The van der Waals surface area contributed by atoms with Crippen LogP contribution in [0.1, 0.15) is 52.4 Å². The summed E-state index contributed by atoms with van der Waals surface area (Å²) >= 11 is 0. The summed E-state index contributed by atoms with van der Waals surface area (Å²) in [5.41, 5.74) is -2.36. The molecule has 36 heavy (non-hydrogen) atoms. The van der Waals surface area contributed by atoms with Crippen molar-refractivity contribution in [3.8, 4) is 0 Å². The van der Waals surface area contributed by atoms with Gasteiger partial charge in [0.2, 0.25) is 6.29 Å². The van der Waals surface area contributed by atoms with Crippen LogP contribution in [0.3, 0.4) is 0 Å². The van der Waals surface area contributed by atoms with Crippen molar-refractivity contribution in [2.24, 2.45) is 34.0 Å². The Balaban J connectivity index is 1.47. The van der Waals surface area contributed by atoms with Crippen LogP contribution in [0, 0.1) is 34.0 Å². The van der Waals surface area contributed by atoms with E-state index in [4.69, 9.17) is 9.47 Å². The predicted molar refractivity (Wildman–Crippen MR) is 123 cm³/mol. The van der Waals surface area contributed by atoms with Gasteiger partial charge >= 0.3 is 5.97 Å². The lowest BCUT2D eigenvalue weighted by Gasteiger charge is -2.65. The number of aliphatic hydroxyl groups excluding tert-OH is 6. The molecule has 1 saturated heterocycles. The summed E-state index contributed by atoms with van der Waals surface area (Å²) in [5.74, 6) is -2.00. The molecular formula is C26H38O10. The number of carbonyl (C=O) groups is 2. The highest BCUT2D eigenvalue weighted by atomic mass is 16.7. The average Bonchev–Trinajstić information content (AvgIpc) is 2.99. The van der Waals surface area contributed by atoms with E-state index in [1.165, 1.54) is 0 Å². The van der Waals surface area contributed by atoms with Crippen molar-refractivity contribution in [1.82, 2.24) is 0 Å². The van der Waals surface area contributed by atoms with Crippen molar-refractivity contribution in [3.63, 3.8) is 0 Å². The highest BCUT2D eigenvalue weighted by Crippen LogP contribution is 2.71. The molecule has 1 aliphatic heterocycles.